The van der Waals surface area contributed by atoms with Crippen LogP contribution in [0.25, 0.3) is 0 Å². The van der Waals surface area contributed by atoms with Gasteiger partial charge in [0.2, 0.25) is 0 Å². The van der Waals surface area contributed by atoms with Crippen LogP contribution in [0.2, 0.25) is 0 Å². The maximum absolute atomic E-state index is 5.36. The van der Waals surface area contributed by atoms with Gasteiger partial charge in [-0.25, -0.2) is 4.98 Å². The number of nitrogens with zero attached hydrogens (tertiary/aromatic N) is 3. The lowest BCUT2D eigenvalue weighted by atomic mass is 10.1. The van der Waals surface area contributed by atoms with Crippen LogP contribution < -0.4 is 14.8 Å². The third kappa shape index (κ3) is 5.62. The molecule has 2 rings (SSSR count). The van der Waals surface area contributed by atoms with E-state index in [1.165, 1.54) is 5.56 Å². The van der Waals surface area contributed by atoms with Gasteiger partial charge in [-0.3, -0.25) is 4.99 Å². The summed E-state index contributed by atoms with van der Waals surface area (Å²) in [4.78, 5) is 11.4. The van der Waals surface area contributed by atoms with Crippen molar-refractivity contribution in [3.05, 3.63) is 39.8 Å². The number of methoxy groups -OCH3 is 2. The Hall–Kier alpha value is -2.28. The Kier molecular flexibility index (Phi) is 7.72. The van der Waals surface area contributed by atoms with Crippen LogP contribution in [0.15, 0.2) is 28.6 Å². The van der Waals surface area contributed by atoms with E-state index in [0.717, 1.165) is 47.7 Å². The fourth-order valence-corrected chi connectivity index (χ4v) is 3.20. The number of hydrogen-bond acceptors (Lipinski definition) is 5. The molecule has 0 aliphatic heterocycles. The summed E-state index contributed by atoms with van der Waals surface area (Å²) in [6, 6.07) is 5.98. The first-order valence-electron chi connectivity index (χ1n) is 8.68. The number of aromatic nitrogens is 1. The average molecular weight is 377 g/mol. The summed E-state index contributed by atoms with van der Waals surface area (Å²) in [6.45, 7) is 6.36. The number of benzene rings is 1. The summed E-state index contributed by atoms with van der Waals surface area (Å²) in [5, 5.41) is 6.53. The third-order valence-corrected chi connectivity index (χ3v) is 4.69. The van der Waals surface area contributed by atoms with Gasteiger partial charge in [0.25, 0.3) is 0 Å². The lowest BCUT2D eigenvalue weighted by molar-refractivity contribution is 0.354. The van der Waals surface area contributed by atoms with Crippen molar-refractivity contribution < 1.29 is 9.47 Å². The Morgan fingerprint density at radius 1 is 1.27 bits per heavy atom. The Morgan fingerprint density at radius 2 is 2.04 bits per heavy atom. The third-order valence-electron chi connectivity index (χ3n) is 3.87. The van der Waals surface area contributed by atoms with Crippen LogP contribution >= 0.6 is 11.3 Å². The van der Waals surface area contributed by atoms with Gasteiger partial charge >= 0.3 is 0 Å². The van der Waals surface area contributed by atoms with Gasteiger partial charge in [-0.05, 0) is 38.0 Å². The quantitative estimate of drug-likeness (QED) is 0.567. The highest BCUT2D eigenvalue weighted by atomic mass is 32.1. The highest BCUT2D eigenvalue weighted by Gasteiger charge is 2.09. The van der Waals surface area contributed by atoms with Crippen LogP contribution in [0, 0.1) is 6.92 Å². The number of nitrogens with one attached hydrogen (secondary N) is 1. The zero-order chi connectivity index (χ0) is 18.9. The van der Waals surface area contributed by atoms with Crippen molar-refractivity contribution >= 4 is 17.3 Å². The number of thiazole rings is 1. The van der Waals surface area contributed by atoms with E-state index in [1.54, 1.807) is 25.6 Å². The molecule has 1 aromatic heterocycles. The molecular formula is C19H28N4O2S. The Morgan fingerprint density at radius 3 is 2.65 bits per heavy atom. The first kappa shape index (κ1) is 20.0. The number of ether oxygens (including phenoxy) is 2. The van der Waals surface area contributed by atoms with Gasteiger partial charge in [0, 0.05) is 25.5 Å². The zero-order valence-electron chi connectivity index (χ0n) is 16.2. The standard InChI is InChI=1S/C19H28N4O2S/c1-6-20-19(23(3)12-16-13-26-14(2)22-16)21-10-9-15-7-8-17(24-4)18(11-15)25-5/h7-8,11,13H,6,9-10,12H2,1-5H3,(H,20,21). The van der Waals surface area contributed by atoms with Crippen molar-refractivity contribution in [3.8, 4) is 11.5 Å². The molecule has 0 aliphatic rings. The molecule has 0 saturated heterocycles. The second-order valence-electron chi connectivity index (χ2n) is 5.89. The molecule has 0 unspecified atom stereocenters. The first-order chi connectivity index (χ1) is 12.6. The average Bonchev–Trinajstić information content (AvgIpc) is 3.05. The predicted octanol–water partition coefficient (Wildman–Crippen LogP) is 3.11. The Bertz CT molecular complexity index is 730. The van der Waals surface area contributed by atoms with E-state index in [1.807, 2.05) is 32.2 Å². The molecule has 0 spiro atoms. The number of hydrogen-bond donors (Lipinski definition) is 1. The molecule has 0 amide bonds. The van der Waals surface area contributed by atoms with Crippen molar-refractivity contribution in [1.29, 1.82) is 0 Å². The molecule has 0 aliphatic carbocycles. The highest BCUT2D eigenvalue weighted by molar-refractivity contribution is 7.09. The summed E-state index contributed by atoms with van der Waals surface area (Å²) in [6.07, 6.45) is 0.832. The summed E-state index contributed by atoms with van der Waals surface area (Å²) >= 11 is 1.67. The van der Waals surface area contributed by atoms with E-state index in [2.05, 4.69) is 27.5 Å². The molecule has 142 valence electrons. The van der Waals surface area contributed by atoms with Crippen molar-refractivity contribution in [3.63, 3.8) is 0 Å². The Balaban J connectivity index is 1.99. The van der Waals surface area contributed by atoms with Crippen LogP contribution in [0.1, 0.15) is 23.2 Å². The van der Waals surface area contributed by atoms with E-state index < -0.39 is 0 Å². The van der Waals surface area contributed by atoms with E-state index in [0.29, 0.717) is 6.54 Å². The van der Waals surface area contributed by atoms with E-state index in [9.17, 15) is 0 Å². The van der Waals surface area contributed by atoms with Crippen LogP contribution in [0.4, 0.5) is 0 Å². The Labute approximate surface area is 159 Å². The highest BCUT2D eigenvalue weighted by Crippen LogP contribution is 2.27. The van der Waals surface area contributed by atoms with E-state index >= 15 is 0 Å². The van der Waals surface area contributed by atoms with Crippen LogP contribution in [0.5, 0.6) is 11.5 Å². The molecule has 0 atom stereocenters. The van der Waals surface area contributed by atoms with Crippen LogP contribution in [-0.2, 0) is 13.0 Å². The molecular weight excluding hydrogens is 348 g/mol. The number of aryl methyl sites for hydroxylation is 1. The maximum atomic E-state index is 5.36. The lowest BCUT2D eigenvalue weighted by Gasteiger charge is -2.21. The van der Waals surface area contributed by atoms with Gasteiger partial charge in [-0.2, -0.15) is 0 Å². The molecule has 0 fully saturated rings. The van der Waals surface area contributed by atoms with Gasteiger partial charge in [-0.1, -0.05) is 6.07 Å². The molecule has 1 N–H and O–H groups in total. The molecule has 2 aromatic rings. The fraction of sp³-hybridized carbons (Fsp3) is 0.474. The van der Waals surface area contributed by atoms with Gasteiger partial charge < -0.3 is 19.7 Å². The molecule has 7 heteroatoms. The van der Waals surface area contributed by atoms with Crippen LogP contribution in [-0.4, -0.2) is 50.2 Å². The number of aliphatic imine (C=N–C) groups is 1. The van der Waals surface area contributed by atoms with Crippen molar-refractivity contribution in [2.24, 2.45) is 4.99 Å². The van der Waals surface area contributed by atoms with Gasteiger partial charge in [-0.15, -0.1) is 11.3 Å². The molecule has 0 saturated carbocycles. The zero-order valence-corrected chi connectivity index (χ0v) is 17.0. The monoisotopic (exact) mass is 376 g/mol. The maximum Gasteiger partial charge on any atom is 0.194 e. The molecule has 1 aromatic carbocycles. The van der Waals surface area contributed by atoms with E-state index in [4.69, 9.17) is 14.5 Å². The molecule has 0 bridgehead atoms. The first-order valence-corrected chi connectivity index (χ1v) is 9.56. The van der Waals surface area contributed by atoms with E-state index in [-0.39, 0.29) is 0 Å². The SMILES string of the molecule is CCNC(=NCCc1ccc(OC)c(OC)c1)N(C)Cc1csc(C)n1. The van der Waals surface area contributed by atoms with Crippen molar-refractivity contribution in [1.82, 2.24) is 15.2 Å². The minimum absolute atomic E-state index is 0.693. The predicted molar refractivity (Wildman–Crippen MR) is 108 cm³/mol. The molecule has 6 nitrogen and oxygen atoms in total. The second-order valence-corrected chi connectivity index (χ2v) is 6.95. The minimum Gasteiger partial charge on any atom is -0.493 e. The largest absolute Gasteiger partial charge is 0.493 e. The summed E-state index contributed by atoms with van der Waals surface area (Å²) in [7, 11) is 5.33. The molecule has 0 radical (unpaired) electrons. The lowest BCUT2D eigenvalue weighted by Crippen LogP contribution is -2.38. The van der Waals surface area contributed by atoms with Gasteiger partial charge in [0.1, 0.15) is 0 Å². The molecule has 26 heavy (non-hydrogen) atoms. The summed E-state index contributed by atoms with van der Waals surface area (Å²) < 4.78 is 10.6. The summed E-state index contributed by atoms with van der Waals surface area (Å²) in [5.41, 5.74) is 2.24. The van der Waals surface area contributed by atoms with Crippen LogP contribution in [0.3, 0.4) is 0 Å². The topological polar surface area (TPSA) is 59.0 Å². The van der Waals surface area contributed by atoms with Gasteiger partial charge in [0.15, 0.2) is 17.5 Å². The minimum atomic E-state index is 0.693. The van der Waals surface area contributed by atoms with Crippen molar-refractivity contribution in [2.45, 2.75) is 26.8 Å². The normalized spacial score (nSPS) is 11.3. The second kappa shape index (κ2) is 10.0. The molecule has 1 heterocycles. The number of guanidine groups is 1. The number of rotatable bonds is 8. The fourth-order valence-electron chi connectivity index (χ4n) is 2.60. The van der Waals surface area contributed by atoms with Crippen molar-refractivity contribution in [2.75, 3.05) is 34.4 Å². The smallest absolute Gasteiger partial charge is 0.194 e. The van der Waals surface area contributed by atoms with Gasteiger partial charge in [0.05, 0.1) is 31.5 Å². The summed E-state index contributed by atoms with van der Waals surface area (Å²) in [5.74, 6) is 2.38.